The second-order valence-electron chi connectivity index (χ2n) is 3.61. The summed E-state index contributed by atoms with van der Waals surface area (Å²) in [6.45, 7) is 0. The minimum Gasteiger partial charge on any atom is -0.261 e. The molecule has 7 heteroatoms. The third-order valence-corrected chi connectivity index (χ3v) is 6.46. The maximum atomic E-state index is 4.25. The van der Waals surface area contributed by atoms with Crippen LogP contribution in [0.25, 0.3) is 0 Å². The summed E-state index contributed by atoms with van der Waals surface area (Å²) in [7, 11) is 5.55. The van der Waals surface area contributed by atoms with Crippen LogP contribution in [-0.2, 0) is 12.8 Å². The van der Waals surface area contributed by atoms with Gasteiger partial charge in [0.15, 0.2) is 0 Å². The van der Waals surface area contributed by atoms with E-state index in [2.05, 4.69) is 19.9 Å². The summed E-state index contributed by atoms with van der Waals surface area (Å²) in [4.78, 5) is 16.6. The van der Waals surface area contributed by atoms with Crippen molar-refractivity contribution >= 4 is 31.4 Å². The van der Waals surface area contributed by atoms with Crippen molar-refractivity contribution in [3.8, 4) is 0 Å². The number of nitrogens with zero attached hydrogens (tertiary/aromatic N) is 4. The van der Waals surface area contributed by atoms with E-state index in [9.17, 15) is 0 Å². The molecule has 19 heavy (non-hydrogen) atoms. The van der Waals surface area contributed by atoms with Crippen LogP contribution in [0, 0.1) is 0 Å². The lowest BCUT2D eigenvalue weighted by Crippen LogP contribution is -1.92. The molecule has 0 aromatic carbocycles. The van der Waals surface area contributed by atoms with Gasteiger partial charge in [-0.15, -0.1) is 0 Å². The van der Waals surface area contributed by atoms with Crippen molar-refractivity contribution in [2.45, 2.75) is 12.8 Å². The van der Waals surface area contributed by atoms with Crippen molar-refractivity contribution in [2.24, 2.45) is 0 Å². The normalized spacial score (nSPS) is 10.5. The summed E-state index contributed by atoms with van der Waals surface area (Å²) in [6.07, 6.45) is 12.5. The van der Waals surface area contributed by atoms with E-state index in [4.69, 9.17) is 0 Å². The van der Waals surface area contributed by atoms with Gasteiger partial charge in [-0.25, -0.2) is 0 Å². The molecule has 0 saturated carbocycles. The van der Waals surface area contributed by atoms with E-state index in [0.29, 0.717) is 0 Å². The molecule has 4 nitrogen and oxygen atoms in total. The maximum absolute atomic E-state index is 4.25. The Hall–Kier alpha value is -0.790. The van der Waals surface area contributed by atoms with Crippen LogP contribution < -0.4 is 0 Å². The van der Waals surface area contributed by atoms with Gasteiger partial charge in [0.05, 0.1) is 11.4 Å². The average Bonchev–Trinajstić information content (AvgIpc) is 2.48. The van der Waals surface area contributed by atoms with Crippen LogP contribution >= 0.6 is 31.4 Å². The number of rotatable bonds is 8. The van der Waals surface area contributed by atoms with E-state index in [1.807, 2.05) is 43.8 Å². The van der Waals surface area contributed by atoms with Crippen LogP contribution in [0.2, 0.25) is 0 Å². The van der Waals surface area contributed by atoms with Gasteiger partial charge in [0.1, 0.15) is 0 Å². The fraction of sp³-hybridized carbons (Fsp3) is 0.333. The Balaban J connectivity index is 1.49. The molecule has 2 rings (SSSR count). The highest BCUT2D eigenvalue weighted by Gasteiger charge is 1.97. The van der Waals surface area contributed by atoms with Crippen molar-refractivity contribution in [1.29, 1.82) is 0 Å². The van der Waals surface area contributed by atoms with E-state index in [-0.39, 0.29) is 0 Å². The van der Waals surface area contributed by atoms with Gasteiger partial charge in [-0.05, 0) is 9.83 Å². The van der Waals surface area contributed by atoms with Gasteiger partial charge in [-0.1, -0.05) is 21.6 Å². The number of aryl methyl sites for hydroxylation is 2. The molecule has 0 atom stereocenters. The van der Waals surface area contributed by atoms with E-state index in [1.54, 1.807) is 24.8 Å². The third-order valence-electron chi connectivity index (χ3n) is 2.21. The van der Waals surface area contributed by atoms with Crippen molar-refractivity contribution < 1.29 is 0 Å². The monoisotopic (exact) mass is 310 g/mol. The molecule has 0 N–H and O–H groups in total. The maximum Gasteiger partial charge on any atom is 0.0595 e. The molecule has 0 saturated heterocycles. The van der Waals surface area contributed by atoms with Gasteiger partial charge in [-0.2, -0.15) is 0 Å². The van der Waals surface area contributed by atoms with Crippen molar-refractivity contribution in [2.75, 3.05) is 11.5 Å². The third kappa shape index (κ3) is 6.26. The largest absolute Gasteiger partial charge is 0.261 e. The number of aromatic nitrogens is 4. The Labute approximate surface area is 124 Å². The second kappa shape index (κ2) is 9.17. The molecular weight excluding hydrogens is 296 g/mol. The molecular formula is C12H14N4S3. The Morgan fingerprint density at radius 1 is 0.737 bits per heavy atom. The highest BCUT2D eigenvalue weighted by Crippen LogP contribution is 2.34. The van der Waals surface area contributed by atoms with E-state index in [0.717, 1.165) is 35.7 Å². The summed E-state index contributed by atoms with van der Waals surface area (Å²) < 4.78 is 0. The SMILES string of the molecule is c1cnc(CCSSSCCc2cnccn2)cn1. The zero-order valence-corrected chi connectivity index (χ0v) is 12.8. The molecule has 0 aliphatic heterocycles. The zero-order valence-electron chi connectivity index (χ0n) is 10.3. The summed E-state index contributed by atoms with van der Waals surface area (Å²) in [5, 5.41) is 0. The van der Waals surface area contributed by atoms with Gasteiger partial charge in [0.25, 0.3) is 0 Å². The quantitative estimate of drug-likeness (QED) is 0.548. The first kappa shape index (κ1) is 14.6. The van der Waals surface area contributed by atoms with E-state index in [1.165, 1.54) is 0 Å². The van der Waals surface area contributed by atoms with Gasteiger partial charge in [0, 0.05) is 61.5 Å². The number of hydrogen-bond donors (Lipinski definition) is 0. The minimum atomic E-state index is 0.968. The molecule has 100 valence electrons. The molecule has 0 bridgehead atoms. The van der Waals surface area contributed by atoms with E-state index >= 15 is 0 Å². The van der Waals surface area contributed by atoms with Gasteiger partial charge >= 0.3 is 0 Å². The molecule has 0 aliphatic rings. The Morgan fingerprint density at radius 3 is 1.68 bits per heavy atom. The summed E-state index contributed by atoms with van der Waals surface area (Å²) >= 11 is 0. The Morgan fingerprint density at radius 2 is 1.26 bits per heavy atom. The number of hydrogen-bond acceptors (Lipinski definition) is 7. The van der Waals surface area contributed by atoms with Crippen LogP contribution in [0.3, 0.4) is 0 Å². The van der Waals surface area contributed by atoms with Crippen LogP contribution in [0.4, 0.5) is 0 Å². The topological polar surface area (TPSA) is 51.6 Å². The standard InChI is InChI=1S/C12H14N4S3/c1(11-9-13-3-5-15-11)7-17-19-18-8-2-12-10-14-4-6-16-12/h3-6,9-10H,1-2,7-8H2. The second-order valence-corrected chi connectivity index (χ2v) is 8.08. The lowest BCUT2D eigenvalue weighted by molar-refractivity contribution is 1.01. The van der Waals surface area contributed by atoms with Gasteiger partial charge in [-0.3, -0.25) is 19.9 Å². The molecule has 2 heterocycles. The van der Waals surface area contributed by atoms with Crippen LogP contribution in [0.5, 0.6) is 0 Å². The summed E-state index contributed by atoms with van der Waals surface area (Å²) in [5.41, 5.74) is 2.11. The molecule has 0 spiro atoms. The fourth-order valence-electron chi connectivity index (χ4n) is 1.31. The molecule has 0 fully saturated rings. The highest BCUT2D eigenvalue weighted by molar-refractivity contribution is 9.09. The molecule has 0 unspecified atom stereocenters. The molecule has 0 amide bonds. The Bertz CT molecular complexity index is 412. The van der Waals surface area contributed by atoms with Crippen LogP contribution in [0.1, 0.15) is 11.4 Å². The van der Waals surface area contributed by atoms with Crippen LogP contribution in [-0.4, -0.2) is 31.4 Å². The first-order valence-corrected chi connectivity index (χ1v) is 9.68. The average molecular weight is 310 g/mol. The lowest BCUT2D eigenvalue weighted by atomic mass is 10.4. The summed E-state index contributed by atoms with van der Waals surface area (Å²) in [5.74, 6) is 2.11. The predicted molar refractivity (Wildman–Crippen MR) is 84.0 cm³/mol. The van der Waals surface area contributed by atoms with Crippen molar-refractivity contribution in [1.82, 2.24) is 19.9 Å². The minimum absolute atomic E-state index is 0.968. The first-order valence-electron chi connectivity index (χ1n) is 5.86. The smallest absolute Gasteiger partial charge is 0.0595 e. The fourth-order valence-corrected chi connectivity index (χ4v) is 5.05. The van der Waals surface area contributed by atoms with Gasteiger partial charge in [0.2, 0.25) is 0 Å². The molecule has 0 radical (unpaired) electrons. The first-order chi connectivity index (χ1) is 9.45. The molecule has 2 aromatic rings. The molecule has 2 aromatic heterocycles. The lowest BCUT2D eigenvalue weighted by Gasteiger charge is -2.01. The Kier molecular flexibility index (Phi) is 7.05. The highest BCUT2D eigenvalue weighted by atomic mass is 33.5. The summed E-state index contributed by atoms with van der Waals surface area (Å²) in [6, 6.07) is 0. The van der Waals surface area contributed by atoms with Crippen LogP contribution in [0.15, 0.2) is 37.2 Å². The zero-order chi connectivity index (χ0) is 13.2. The predicted octanol–water partition coefficient (Wildman–Crippen LogP) is 3.08. The van der Waals surface area contributed by atoms with E-state index < -0.39 is 0 Å². The van der Waals surface area contributed by atoms with Gasteiger partial charge < -0.3 is 0 Å². The van der Waals surface area contributed by atoms with Crippen molar-refractivity contribution in [3.63, 3.8) is 0 Å². The van der Waals surface area contributed by atoms with Crippen molar-refractivity contribution in [3.05, 3.63) is 48.6 Å². The molecule has 0 aliphatic carbocycles.